The Labute approximate surface area is 101 Å². The number of benzene rings is 1. The highest BCUT2D eigenvalue weighted by atomic mass is 16.5. The van der Waals surface area contributed by atoms with E-state index < -0.39 is 0 Å². The lowest BCUT2D eigenvalue weighted by atomic mass is 10.1. The molecular formula is C13H17N3O. The molecule has 0 fully saturated rings. The third-order valence-electron chi connectivity index (χ3n) is 2.86. The number of hydrogen-bond donors (Lipinski definition) is 1. The van der Waals surface area contributed by atoms with E-state index in [2.05, 4.69) is 11.1 Å². The second-order valence-electron chi connectivity index (χ2n) is 4.06. The number of rotatable bonds is 3. The van der Waals surface area contributed by atoms with Crippen molar-refractivity contribution >= 4 is 0 Å². The van der Waals surface area contributed by atoms with E-state index in [4.69, 9.17) is 10.5 Å². The molecule has 0 spiro atoms. The fourth-order valence-corrected chi connectivity index (χ4v) is 1.93. The average Bonchev–Trinajstić information content (AvgIpc) is 2.70. The molecule has 0 atom stereocenters. The van der Waals surface area contributed by atoms with E-state index in [1.807, 2.05) is 30.7 Å². The van der Waals surface area contributed by atoms with Crippen LogP contribution in [-0.2, 0) is 13.6 Å². The van der Waals surface area contributed by atoms with Gasteiger partial charge in [-0.05, 0) is 19.1 Å². The highest BCUT2D eigenvalue weighted by Crippen LogP contribution is 2.31. The summed E-state index contributed by atoms with van der Waals surface area (Å²) in [5.41, 5.74) is 9.84. The number of imidazole rings is 1. The van der Waals surface area contributed by atoms with Crippen molar-refractivity contribution in [1.82, 2.24) is 9.55 Å². The van der Waals surface area contributed by atoms with E-state index >= 15 is 0 Å². The van der Waals surface area contributed by atoms with Crippen molar-refractivity contribution < 1.29 is 4.74 Å². The van der Waals surface area contributed by atoms with Gasteiger partial charge in [0.15, 0.2) is 0 Å². The summed E-state index contributed by atoms with van der Waals surface area (Å²) in [6.45, 7) is 2.51. The average molecular weight is 231 g/mol. The second-order valence-corrected chi connectivity index (χ2v) is 4.06. The molecule has 0 amide bonds. The summed E-state index contributed by atoms with van der Waals surface area (Å²) in [5, 5.41) is 0. The molecule has 1 aromatic heterocycles. The van der Waals surface area contributed by atoms with Crippen LogP contribution in [0, 0.1) is 6.92 Å². The van der Waals surface area contributed by atoms with Gasteiger partial charge in [-0.25, -0.2) is 4.98 Å². The first-order valence-electron chi connectivity index (χ1n) is 5.52. The van der Waals surface area contributed by atoms with Crippen LogP contribution in [0.2, 0.25) is 0 Å². The molecule has 1 heterocycles. The van der Waals surface area contributed by atoms with E-state index in [-0.39, 0.29) is 0 Å². The second kappa shape index (κ2) is 4.59. The predicted molar refractivity (Wildman–Crippen MR) is 67.8 cm³/mol. The first-order valence-corrected chi connectivity index (χ1v) is 5.52. The van der Waals surface area contributed by atoms with E-state index in [1.165, 1.54) is 5.56 Å². The van der Waals surface area contributed by atoms with Crippen molar-refractivity contribution in [3.05, 3.63) is 35.8 Å². The maximum Gasteiger partial charge on any atom is 0.128 e. The molecule has 90 valence electrons. The van der Waals surface area contributed by atoms with Crippen LogP contribution in [0.15, 0.2) is 24.5 Å². The van der Waals surface area contributed by atoms with Gasteiger partial charge in [-0.1, -0.05) is 11.6 Å². The van der Waals surface area contributed by atoms with Gasteiger partial charge in [0.25, 0.3) is 0 Å². The fourth-order valence-electron chi connectivity index (χ4n) is 1.93. The lowest BCUT2D eigenvalue weighted by Crippen LogP contribution is -2.04. The summed E-state index contributed by atoms with van der Waals surface area (Å²) in [6, 6.07) is 6.05. The van der Waals surface area contributed by atoms with Crippen molar-refractivity contribution in [1.29, 1.82) is 0 Å². The Kier molecular flexibility index (Phi) is 3.15. The van der Waals surface area contributed by atoms with Crippen LogP contribution >= 0.6 is 0 Å². The van der Waals surface area contributed by atoms with Crippen molar-refractivity contribution in [2.75, 3.05) is 7.11 Å². The van der Waals surface area contributed by atoms with Gasteiger partial charge in [0.1, 0.15) is 5.75 Å². The number of aromatic nitrogens is 2. The van der Waals surface area contributed by atoms with Gasteiger partial charge in [-0.3, -0.25) is 0 Å². The molecule has 2 aromatic rings. The van der Waals surface area contributed by atoms with E-state index in [9.17, 15) is 0 Å². The van der Waals surface area contributed by atoms with Gasteiger partial charge in [-0.15, -0.1) is 0 Å². The minimum absolute atomic E-state index is 0.461. The normalized spacial score (nSPS) is 10.6. The van der Waals surface area contributed by atoms with Crippen LogP contribution in [0.4, 0.5) is 0 Å². The smallest absolute Gasteiger partial charge is 0.128 e. The summed E-state index contributed by atoms with van der Waals surface area (Å²) in [4.78, 5) is 4.41. The Morgan fingerprint density at radius 3 is 2.82 bits per heavy atom. The van der Waals surface area contributed by atoms with E-state index in [0.717, 1.165) is 22.7 Å². The van der Waals surface area contributed by atoms with Crippen molar-refractivity contribution in [3.63, 3.8) is 0 Å². The van der Waals surface area contributed by atoms with Gasteiger partial charge >= 0.3 is 0 Å². The SMILES string of the molecule is COc1ccc(C)cc1-c1ncn(C)c1CN. The number of hydrogen-bond acceptors (Lipinski definition) is 3. The van der Waals surface area contributed by atoms with Crippen molar-refractivity contribution in [3.8, 4) is 17.0 Å². The Balaban J connectivity index is 2.62. The molecule has 0 aliphatic heterocycles. The van der Waals surface area contributed by atoms with Gasteiger partial charge in [0.2, 0.25) is 0 Å². The molecule has 4 heteroatoms. The zero-order valence-electron chi connectivity index (χ0n) is 10.4. The van der Waals surface area contributed by atoms with Crippen LogP contribution in [0.25, 0.3) is 11.3 Å². The highest BCUT2D eigenvalue weighted by molar-refractivity contribution is 5.70. The first kappa shape index (κ1) is 11.7. The maximum absolute atomic E-state index is 5.76. The lowest BCUT2D eigenvalue weighted by Gasteiger charge is -2.09. The number of methoxy groups -OCH3 is 1. The largest absolute Gasteiger partial charge is 0.496 e. The molecule has 0 radical (unpaired) electrons. The molecule has 2 N–H and O–H groups in total. The van der Waals surface area contributed by atoms with Crippen LogP contribution in [0.5, 0.6) is 5.75 Å². The molecule has 4 nitrogen and oxygen atoms in total. The first-order chi connectivity index (χ1) is 8.17. The molecule has 0 bridgehead atoms. The highest BCUT2D eigenvalue weighted by Gasteiger charge is 2.14. The summed E-state index contributed by atoms with van der Waals surface area (Å²) < 4.78 is 7.31. The Morgan fingerprint density at radius 2 is 2.18 bits per heavy atom. The predicted octanol–water partition coefficient (Wildman–Crippen LogP) is 1.86. The third kappa shape index (κ3) is 2.03. The monoisotopic (exact) mass is 231 g/mol. The zero-order valence-corrected chi connectivity index (χ0v) is 10.4. The quantitative estimate of drug-likeness (QED) is 0.877. The summed E-state index contributed by atoms with van der Waals surface area (Å²) in [7, 11) is 3.61. The molecule has 0 saturated heterocycles. The minimum atomic E-state index is 0.461. The Bertz CT molecular complexity index is 531. The van der Waals surface area contributed by atoms with Crippen molar-refractivity contribution in [2.24, 2.45) is 12.8 Å². The van der Waals surface area contributed by atoms with E-state index in [1.54, 1.807) is 13.4 Å². The number of aryl methyl sites for hydroxylation is 2. The Morgan fingerprint density at radius 1 is 1.41 bits per heavy atom. The maximum atomic E-state index is 5.76. The Hall–Kier alpha value is -1.81. The van der Waals surface area contributed by atoms with Gasteiger partial charge in [0, 0.05) is 19.2 Å². The van der Waals surface area contributed by atoms with Gasteiger partial charge in [0.05, 0.1) is 24.8 Å². The lowest BCUT2D eigenvalue weighted by molar-refractivity contribution is 0.416. The van der Waals surface area contributed by atoms with E-state index in [0.29, 0.717) is 6.54 Å². The van der Waals surface area contributed by atoms with Gasteiger partial charge < -0.3 is 15.0 Å². The van der Waals surface area contributed by atoms with Crippen LogP contribution < -0.4 is 10.5 Å². The van der Waals surface area contributed by atoms with Crippen LogP contribution in [0.3, 0.4) is 0 Å². The molecule has 0 saturated carbocycles. The molecule has 0 aliphatic rings. The topological polar surface area (TPSA) is 53.1 Å². The summed E-state index contributed by atoms with van der Waals surface area (Å²) in [5.74, 6) is 0.823. The van der Waals surface area contributed by atoms with Gasteiger partial charge in [-0.2, -0.15) is 0 Å². The number of nitrogens with two attached hydrogens (primary N) is 1. The zero-order chi connectivity index (χ0) is 12.4. The standard InChI is InChI=1S/C13H17N3O/c1-9-4-5-12(17-3)10(6-9)13-11(7-14)16(2)8-15-13/h4-6,8H,7,14H2,1-3H3. The molecule has 2 rings (SSSR count). The van der Waals surface area contributed by atoms with Crippen LogP contribution in [0.1, 0.15) is 11.3 Å². The fraction of sp³-hybridized carbons (Fsp3) is 0.308. The summed E-state index contributed by atoms with van der Waals surface area (Å²) in [6.07, 6.45) is 1.78. The van der Waals surface area contributed by atoms with Crippen LogP contribution in [-0.4, -0.2) is 16.7 Å². The number of ether oxygens (including phenoxy) is 1. The molecular weight excluding hydrogens is 214 g/mol. The number of nitrogens with zero attached hydrogens (tertiary/aromatic N) is 2. The van der Waals surface area contributed by atoms with Crippen molar-refractivity contribution in [2.45, 2.75) is 13.5 Å². The summed E-state index contributed by atoms with van der Waals surface area (Å²) >= 11 is 0. The molecule has 0 aliphatic carbocycles. The third-order valence-corrected chi connectivity index (χ3v) is 2.86. The molecule has 0 unspecified atom stereocenters. The minimum Gasteiger partial charge on any atom is -0.496 e. The molecule has 1 aromatic carbocycles. The molecule has 17 heavy (non-hydrogen) atoms.